The molecule has 0 spiro atoms. The molecule has 0 amide bonds. The molecule has 3 aromatic rings. The van der Waals surface area contributed by atoms with E-state index in [4.69, 9.17) is 26.4 Å². The van der Waals surface area contributed by atoms with Gasteiger partial charge in [-0.05, 0) is 54.7 Å². The number of carbonyl (C=O) groups excluding carboxylic acids is 1. The Morgan fingerprint density at radius 1 is 1.15 bits per heavy atom. The van der Waals surface area contributed by atoms with Crippen LogP contribution in [0.3, 0.4) is 0 Å². The number of aromatic nitrogens is 3. The highest BCUT2D eigenvalue weighted by Crippen LogP contribution is 2.41. The number of thioether (sulfide) groups is 1. The van der Waals surface area contributed by atoms with Crippen molar-refractivity contribution in [3.8, 4) is 5.75 Å². The highest BCUT2D eigenvalue weighted by molar-refractivity contribution is 7.99. The number of fused-ring (bicyclic) bond motifs is 1. The van der Waals surface area contributed by atoms with E-state index in [1.807, 2.05) is 53.2 Å². The Kier molecular flexibility index (Phi) is 6.92. The molecule has 0 fully saturated rings. The first-order valence-corrected chi connectivity index (χ1v) is 13.1. The third-order valence-electron chi connectivity index (χ3n) is 6.09. The number of halogens is 1. The lowest BCUT2D eigenvalue weighted by Crippen LogP contribution is -2.31. The van der Waals surface area contributed by atoms with Gasteiger partial charge >= 0.3 is 0 Å². The third kappa shape index (κ3) is 4.86. The molecule has 0 saturated carbocycles. The summed E-state index contributed by atoms with van der Waals surface area (Å²) in [6.07, 6.45) is 4.54. The smallest absolute Gasteiger partial charge is 0.227 e. The van der Waals surface area contributed by atoms with Crippen LogP contribution in [0.15, 0.2) is 65.0 Å². The molecule has 1 unspecified atom stereocenters. The molecule has 2 heterocycles. The fraction of sp³-hybridized carbons (Fsp3) is 0.346. The number of unbranched alkanes of at least 4 members (excludes halogenated alkanes) is 1. The molecule has 1 atom stereocenters. The standard InChI is InChI=1S/C26H27ClN4O2S/c1-2-3-15-34-26-29-25-28-21-5-4-6-22(32)23(21)24(31(25)30-26)18-9-13-20(14-10-18)33-16-17-7-11-19(27)12-8-17/h7-14,24H,2-6,15-16H2,1H3,(H,28,29,30). The van der Waals surface area contributed by atoms with Gasteiger partial charge in [-0.25, -0.2) is 4.68 Å². The summed E-state index contributed by atoms with van der Waals surface area (Å²) in [5.74, 6) is 2.64. The van der Waals surface area contributed by atoms with E-state index in [1.54, 1.807) is 11.8 Å². The summed E-state index contributed by atoms with van der Waals surface area (Å²) >= 11 is 7.62. The van der Waals surface area contributed by atoms with E-state index in [9.17, 15) is 4.79 Å². The zero-order valence-electron chi connectivity index (χ0n) is 19.1. The SMILES string of the molecule is CCCCSc1nc2n(n1)C(c1ccc(OCc3ccc(Cl)cc3)cc1)C1=C(CCCC1=O)N2. The van der Waals surface area contributed by atoms with Gasteiger partial charge in [0, 0.05) is 28.5 Å². The number of nitrogens with zero attached hydrogens (tertiary/aromatic N) is 3. The van der Waals surface area contributed by atoms with Crippen LogP contribution >= 0.6 is 23.4 Å². The van der Waals surface area contributed by atoms with Crippen LogP contribution in [-0.4, -0.2) is 26.3 Å². The van der Waals surface area contributed by atoms with Gasteiger partial charge in [-0.2, -0.15) is 4.98 Å². The zero-order valence-corrected chi connectivity index (χ0v) is 20.7. The number of ether oxygens (including phenoxy) is 1. The number of carbonyl (C=O) groups is 1. The molecule has 6 nitrogen and oxygen atoms in total. The minimum atomic E-state index is -0.280. The maximum absolute atomic E-state index is 13.0. The molecule has 2 aromatic carbocycles. The van der Waals surface area contributed by atoms with Crippen molar-refractivity contribution in [1.29, 1.82) is 0 Å². The van der Waals surface area contributed by atoms with Gasteiger partial charge in [0.05, 0.1) is 0 Å². The maximum Gasteiger partial charge on any atom is 0.227 e. The van der Waals surface area contributed by atoms with Gasteiger partial charge < -0.3 is 10.1 Å². The average Bonchev–Trinajstić information content (AvgIpc) is 3.25. The Hall–Kier alpha value is -2.77. The molecule has 34 heavy (non-hydrogen) atoms. The Morgan fingerprint density at radius 2 is 1.94 bits per heavy atom. The minimum absolute atomic E-state index is 0.183. The lowest BCUT2D eigenvalue weighted by atomic mass is 9.85. The van der Waals surface area contributed by atoms with E-state index in [0.717, 1.165) is 64.7 Å². The van der Waals surface area contributed by atoms with Crippen molar-refractivity contribution < 1.29 is 9.53 Å². The summed E-state index contributed by atoms with van der Waals surface area (Å²) in [7, 11) is 0. The van der Waals surface area contributed by atoms with Crippen LogP contribution in [0, 0.1) is 0 Å². The van der Waals surface area contributed by atoms with Gasteiger partial charge in [0.1, 0.15) is 18.4 Å². The number of allylic oxidation sites excluding steroid dienone is 2. The van der Waals surface area contributed by atoms with Crippen LogP contribution in [0.1, 0.15) is 56.2 Å². The van der Waals surface area contributed by atoms with Crippen molar-refractivity contribution in [2.75, 3.05) is 11.1 Å². The number of anilines is 1. The molecule has 0 radical (unpaired) electrons. The Balaban J connectivity index is 1.40. The summed E-state index contributed by atoms with van der Waals surface area (Å²) in [6, 6.07) is 15.3. The highest BCUT2D eigenvalue weighted by atomic mass is 35.5. The Bertz CT molecular complexity index is 1200. The first-order valence-electron chi connectivity index (χ1n) is 11.7. The lowest BCUT2D eigenvalue weighted by Gasteiger charge is -2.32. The van der Waals surface area contributed by atoms with Crippen molar-refractivity contribution in [3.63, 3.8) is 0 Å². The monoisotopic (exact) mass is 494 g/mol. The largest absolute Gasteiger partial charge is 0.489 e. The minimum Gasteiger partial charge on any atom is -0.489 e. The molecule has 1 aromatic heterocycles. The van der Waals surface area contributed by atoms with Gasteiger partial charge in [-0.15, -0.1) is 5.10 Å². The summed E-state index contributed by atoms with van der Waals surface area (Å²) < 4.78 is 7.83. The number of hydrogen-bond donors (Lipinski definition) is 1. The Morgan fingerprint density at radius 3 is 2.71 bits per heavy atom. The fourth-order valence-corrected chi connectivity index (χ4v) is 5.35. The van der Waals surface area contributed by atoms with Crippen LogP contribution in [0.2, 0.25) is 5.02 Å². The molecule has 0 bridgehead atoms. The number of benzene rings is 2. The predicted octanol–water partition coefficient (Wildman–Crippen LogP) is 6.42. The topological polar surface area (TPSA) is 69.0 Å². The molecule has 176 valence electrons. The van der Waals surface area contributed by atoms with E-state index < -0.39 is 0 Å². The second-order valence-corrected chi connectivity index (χ2v) is 10.0. The van der Waals surface area contributed by atoms with Gasteiger partial charge in [0.25, 0.3) is 0 Å². The molecule has 2 aliphatic rings. The normalized spacial score (nSPS) is 17.2. The van der Waals surface area contributed by atoms with E-state index in [-0.39, 0.29) is 11.8 Å². The van der Waals surface area contributed by atoms with Crippen LogP contribution < -0.4 is 10.1 Å². The van der Waals surface area contributed by atoms with E-state index in [1.165, 1.54) is 0 Å². The molecule has 1 aliphatic heterocycles. The predicted molar refractivity (Wildman–Crippen MR) is 136 cm³/mol. The number of Topliss-reactive ketones (excluding diaryl/α,β-unsaturated/α-hetero) is 1. The number of hydrogen-bond acceptors (Lipinski definition) is 6. The summed E-state index contributed by atoms with van der Waals surface area (Å²) in [6.45, 7) is 2.64. The second-order valence-electron chi connectivity index (χ2n) is 8.55. The van der Waals surface area contributed by atoms with Gasteiger partial charge in [0.2, 0.25) is 11.1 Å². The molecule has 1 N–H and O–H groups in total. The number of rotatable bonds is 8. The van der Waals surface area contributed by atoms with Crippen LogP contribution in [0.25, 0.3) is 0 Å². The van der Waals surface area contributed by atoms with Crippen molar-refractivity contribution in [2.45, 2.75) is 56.8 Å². The van der Waals surface area contributed by atoms with Crippen LogP contribution in [0.4, 0.5) is 5.95 Å². The fourth-order valence-electron chi connectivity index (χ4n) is 4.31. The quantitative estimate of drug-likeness (QED) is 0.287. The van der Waals surface area contributed by atoms with Crippen molar-refractivity contribution >= 4 is 35.1 Å². The van der Waals surface area contributed by atoms with E-state index in [0.29, 0.717) is 24.0 Å². The van der Waals surface area contributed by atoms with Gasteiger partial charge in [-0.1, -0.05) is 61.0 Å². The average molecular weight is 495 g/mol. The highest BCUT2D eigenvalue weighted by Gasteiger charge is 2.36. The molecule has 0 saturated heterocycles. The zero-order chi connectivity index (χ0) is 23.5. The molecular weight excluding hydrogens is 468 g/mol. The number of nitrogens with one attached hydrogen (secondary N) is 1. The first kappa shape index (κ1) is 23.0. The van der Waals surface area contributed by atoms with Crippen molar-refractivity contribution in [2.24, 2.45) is 0 Å². The third-order valence-corrected chi connectivity index (χ3v) is 7.27. The van der Waals surface area contributed by atoms with Crippen molar-refractivity contribution in [1.82, 2.24) is 14.8 Å². The van der Waals surface area contributed by atoms with Gasteiger partial charge in [-0.3, -0.25) is 4.79 Å². The summed E-state index contributed by atoms with van der Waals surface area (Å²) in [4.78, 5) is 17.7. The number of ketones is 1. The van der Waals surface area contributed by atoms with Crippen LogP contribution in [-0.2, 0) is 11.4 Å². The molecule has 1 aliphatic carbocycles. The molecule has 5 rings (SSSR count). The lowest BCUT2D eigenvalue weighted by molar-refractivity contribution is -0.116. The summed E-state index contributed by atoms with van der Waals surface area (Å²) in [5.41, 5.74) is 3.84. The maximum atomic E-state index is 13.0. The van der Waals surface area contributed by atoms with E-state index in [2.05, 4.69) is 12.2 Å². The summed E-state index contributed by atoms with van der Waals surface area (Å²) in [5, 5.41) is 9.64. The van der Waals surface area contributed by atoms with Crippen molar-refractivity contribution in [3.05, 3.63) is 76.0 Å². The molecular formula is C26H27ClN4O2S. The Labute approximate surface area is 208 Å². The van der Waals surface area contributed by atoms with Gasteiger partial charge in [0.15, 0.2) is 5.78 Å². The van der Waals surface area contributed by atoms with Crippen LogP contribution in [0.5, 0.6) is 5.75 Å². The second kappa shape index (κ2) is 10.2. The van der Waals surface area contributed by atoms with E-state index >= 15 is 0 Å². The first-order chi connectivity index (χ1) is 16.6. The molecule has 8 heteroatoms.